The number of hydrogen-bond donors (Lipinski definition) is 1. The van der Waals surface area contributed by atoms with Gasteiger partial charge in [-0.3, -0.25) is 9.59 Å². The van der Waals surface area contributed by atoms with E-state index in [1.54, 1.807) is 0 Å². The van der Waals surface area contributed by atoms with Gasteiger partial charge in [0.15, 0.2) is 5.16 Å². The molecule has 4 rings (SSSR count). The van der Waals surface area contributed by atoms with Gasteiger partial charge < -0.3 is 14.6 Å². The summed E-state index contributed by atoms with van der Waals surface area (Å²) in [5.74, 6) is 1.39. The summed E-state index contributed by atoms with van der Waals surface area (Å²) >= 11 is 1.48. The van der Waals surface area contributed by atoms with Gasteiger partial charge in [0.05, 0.1) is 12.2 Å². The number of ether oxygens (including phenoxy) is 1. The first-order valence-electron chi connectivity index (χ1n) is 10.4. The van der Waals surface area contributed by atoms with Gasteiger partial charge in [0, 0.05) is 30.7 Å². The quantitative estimate of drug-likeness (QED) is 0.442. The number of amides is 1. The lowest BCUT2D eigenvalue weighted by atomic mass is 9.86. The fraction of sp³-hybridized carbons (Fsp3) is 0.292. The summed E-state index contributed by atoms with van der Waals surface area (Å²) in [4.78, 5) is 30.1. The Kier molecular flexibility index (Phi) is 6.42. The van der Waals surface area contributed by atoms with E-state index in [0.717, 1.165) is 17.5 Å². The molecule has 1 aliphatic heterocycles. The Morgan fingerprint density at radius 1 is 1.13 bits per heavy atom. The molecule has 31 heavy (non-hydrogen) atoms. The Morgan fingerprint density at radius 3 is 2.65 bits per heavy atom. The number of rotatable bonds is 7. The summed E-state index contributed by atoms with van der Waals surface area (Å²) in [6.45, 7) is 2.62. The monoisotopic (exact) mass is 435 g/mol. The number of hydrogen-bond acceptors (Lipinski definition) is 5. The fourth-order valence-corrected chi connectivity index (χ4v) is 4.68. The zero-order valence-electron chi connectivity index (χ0n) is 17.6. The van der Waals surface area contributed by atoms with Crippen molar-refractivity contribution in [1.29, 1.82) is 0 Å². The van der Waals surface area contributed by atoms with Gasteiger partial charge in [-0.25, -0.2) is 0 Å². The second-order valence-electron chi connectivity index (χ2n) is 7.49. The molecule has 0 radical (unpaired) electrons. The number of nitrogens with one attached hydrogen (secondary N) is 1. The van der Waals surface area contributed by atoms with E-state index in [1.165, 1.54) is 11.8 Å². The Balaban J connectivity index is 1.72. The number of aromatic nitrogens is 2. The average molecular weight is 436 g/mol. The molecule has 0 spiro atoms. The van der Waals surface area contributed by atoms with E-state index in [4.69, 9.17) is 4.74 Å². The topological polar surface area (TPSA) is 73.2 Å². The van der Waals surface area contributed by atoms with Gasteiger partial charge in [0.2, 0.25) is 5.91 Å². The van der Waals surface area contributed by atoms with Crippen LogP contribution in [0.15, 0.2) is 64.5 Å². The fourth-order valence-electron chi connectivity index (χ4n) is 3.76. The first-order valence-corrected chi connectivity index (χ1v) is 11.4. The highest BCUT2D eigenvalue weighted by atomic mass is 32.2. The van der Waals surface area contributed by atoms with Crippen molar-refractivity contribution in [3.05, 3.63) is 81.6 Å². The molecule has 2 heterocycles. The summed E-state index contributed by atoms with van der Waals surface area (Å²) in [7, 11) is 1.83. The van der Waals surface area contributed by atoms with Crippen LogP contribution in [-0.2, 0) is 17.6 Å². The molecule has 160 valence electrons. The zero-order valence-corrected chi connectivity index (χ0v) is 18.4. The number of fused-ring (bicyclic) bond motifs is 1. The molecule has 0 aliphatic carbocycles. The number of nitrogens with zero attached hydrogens (tertiary/aromatic N) is 2. The van der Waals surface area contributed by atoms with E-state index in [9.17, 15) is 9.59 Å². The summed E-state index contributed by atoms with van der Waals surface area (Å²) in [6, 6.07) is 17.6. The van der Waals surface area contributed by atoms with E-state index >= 15 is 0 Å². The highest BCUT2D eigenvalue weighted by Gasteiger charge is 2.33. The lowest BCUT2D eigenvalue weighted by Crippen LogP contribution is -2.33. The molecule has 7 heteroatoms. The molecular formula is C24H25N3O3S. The second kappa shape index (κ2) is 9.39. The van der Waals surface area contributed by atoms with Crippen LogP contribution in [0.4, 0.5) is 5.82 Å². The molecule has 1 atom stereocenters. The van der Waals surface area contributed by atoms with Crippen molar-refractivity contribution in [3.63, 3.8) is 0 Å². The number of para-hydroxylation sites is 1. The molecule has 3 aromatic rings. The van der Waals surface area contributed by atoms with Crippen LogP contribution in [0.5, 0.6) is 5.75 Å². The number of benzene rings is 2. The van der Waals surface area contributed by atoms with Crippen molar-refractivity contribution < 1.29 is 9.53 Å². The highest BCUT2D eigenvalue weighted by molar-refractivity contribution is 7.98. The normalized spacial score (nSPS) is 15.3. The molecule has 1 amide bonds. The van der Waals surface area contributed by atoms with Crippen LogP contribution in [0, 0.1) is 0 Å². The smallest absolute Gasteiger partial charge is 0.279 e. The molecule has 0 fully saturated rings. The molecule has 0 saturated carbocycles. The van der Waals surface area contributed by atoms with Gasteiger partial charge in [0.25, 0.3) is 5.56 Å². The number of carbonyl (C=O) groups excluding carboxylic acids is 1. The Morgan fingerprint density at radius 2 is 1.87 bits per heavy atom. The van der Waals surface area contributed by atoms with E-state index in [-0.39, 0.29) is 17.9 Å². The summed E-state index contributed by atoms with van der Waals surface area (Å²) in [6.07, 6.45) is 1.06. The summed E-state index contributed by atoms with van der Waals surface area (Å²) in [5, 5.41) is 3.47. The van der Waals surface area contributed by atoms with Gasteiger partial charge in [-0.2, -0.15) is 4.98 Å². The molecular weight excluding hydrogens is 410 g/mol. The van der Waals surface area contributed by atoms with Crippen molar-refractivity contribution in [2.45, 2.75) is 36.6 Å². The van der Waals surface area contributed by atoms with Gasteiger partial charge in [-0.05, 0) is 18.1 Å². The number of carbonyl (C=O) groups is 1. The maximum Gasteiger partial charge on any atom is 0.279 e. The summed E-state index contributed by atoms with van der Waals surface area (Å²) in [5.41, 5.74) is 2.19. The molecule has 0 saturated heterocycles. The van der Waals surface area contributed by atoms with E-state index in [2.05, 4.69) is 10.3 Å². The van der Waals surface area contributed by atoms with Gasteiger partial charge in [-0.1, -0.05) is 67.2 Å². The third-order valence-corrected chi connectivity index (χ3v) is 6.37. The van der Waals surface area contributed by atoms with Crippen molar-refractivity contribution in [2.24, 2.45) is 7.05 Å². The van der Waals surface area contributed by atoms with Crippen LogP contribution < -0.4 is 15.6 Å². The van der Waals surface area contributed by atoms with Crippen molar-refractivity contribution >= 4 is 23.5 Å². The second-order valence-corrected chi connectivity index (χ2v) is 8.43. The maximum atomic E-state index is 13.1. The average Bonchev–Trinajstić information content (AvgIpc) is 2.79. The van der Waals surface area contributed by atoms with Crippen LogP contribution in [0.3, 0.4) is 0 Å². The van der Waals surface area contributed by atoms with Crippen LogP contribution in [0.1, 0.15) is 42.4 Å². The summed E-state index contributed by atoms with van der Waals surface area (Å²) < 4.78 is 7.72. The van der Waals surface area contributed by atoms with Crippen LogP contribution in [0.2, 0.25) is 0 Å². The van der Waals surface area contributed by atoms with E-state index in [1.807, 2.05) is 73.1 Å². The van der Waals surface area contributed by atoms with Gasteiger partial charge >= 0.3 is 0 Å². The maximum absolute atomic E-state index is 13.1. The van der Waals surface area contributed by atoms with Crippen LogP contribution in [0.25, 0.3) is 0 Å². The number of anilines is 1. The van der Waals surface area contributed by atoms with E-state index < -0.39 is 5.92 Å². The molecule has 1 aromatic heterocycles. The minimum atomic E-state index is -0.392. The van der Waals surface area contributed by atoms with Crippen molar-refractivity contribution in [3.8, 4) is 5.75 Å². The lowest BCUT2D eigenvalue weighted by Gasteiger charge is -2.28. The van der Waals surface area contributed by atoms with Crippen molar-refractivity contribution in [1.82, 2.24) is 9.55 Å². The van der Waals surface area contributed by atoms with Crippen LogP contribution >= 0.6 is 11.8 Å². The van der Waals surface area contributed by atoms with Crippen LogP contribution in [-0.4, -0.2) is 22.1 Å². The Bertz CT molecular complexity index is 1140. The Hall–Kier alpha value is -3.06. The van der Waals surface area contributed by atoms with Crippen molar-refractivity contribution in [2.75, 3.05) is 11.9 Å². The Labute approximate surface area is 185 Å². The molecule has 1 aliphatic rings. The third-order valence-electron chi connectivity index (χ3n) is 5.27. The molecule has 6 nitrogen and oxygen atoms in total. The molecule has 2 aromatic carbocycles. The predicted octanol–water partition coefficient (Wildman–Crippen LogP) is 4.34. The largest absolute Gasteiger partial charge is 0.493 e. The third kappa shape index (κ3) is 4.51. The van der Waals surface area contributed by atoms with E-state index in [0.29, 0.717) is 34.6 Å². The molecule has 1 N–H and O–H groups in total. The first kappa shape index (κ1) is 21.2. The van der Waals surface area contributed by atoms with Gasteiger partial charge in [0.1, 0.15) is 11.6 Å². The minimum absolute atomic E-state index is 0.122. The first-order chi connectivity index (χ1) is 15.1. The standard InChI is InChI=1S/C24H25N3O3S/c1-3-13-30-19-12-8-7-11-17(19)18-14-20(28)25-22-21(18)23(29)26-24(27(22)2)31-15-16-9-5-4-6-10-16/h4-12,18H,3,13-15H2,1-2H3,(H,25,28)/t18-/m0/s1. The minimum Gasteiger partial charge on any atom is -0.493 e. The molecule has 0 bridgehead atoms. The molecule has 0 unspecified atom stereocenters. The number of thioether (sulfide) groups is 1. The van der Waals surface area contributed by atoms with Gasteiger partial charge in [-0.15, -0.1) is 0 Å². The SMILES string of the molecule is CCCOc1ccccc1[C@@H]1CC(=O)Nc2c1c(=O)nc(SCc1ccccc1)n2C. The predicted molar refractivity (Wildman–Crippen MR) is 123 cm³/mol. The highest BCUT2D eigenvalue weighted by Crippen LogP contribution is 2.39. The lowest BCUT2D eigenvalue weighted by molar-refractivity contribution is -0.116. The zero-order chi connectivity index (χ0) is 21.8.